The minimum absolute atomic E-state index is 0.610. The molecule has 0 aromatic carbocycles. The monoisotopic (exact) mass is 447 g/mol. The fraction of sp³-hybridized carbons (Fsp3) is 0.120. The van der Waals surface area contributed by atoms with Crippen LogP contribution < -0.4 is 5.73 Å². The van der Waals surface area contributed by atoms with Gasteiger partial charge in [0.15, 0.2) is 11.5 Å². The molecule has 0 fully saturated rings. The molecule has 0 radical (unpaired) electrons. The van der Waals surface area contributed by atoms with Gasteiger partial charge in [-0.2, -0.15) is 5.10 Å². The number of aromatic nitrogens is 8. The summed E-state index contributed by atoms with van der Waals surface area (Å²) in [5, 5.41) is 8.34. The summed E-state index contributed by atoms with van der Waals surface area (Å²) in [6, 6.07) is 2.06. The number of nitrogens with one attached hydrogen (secondary N) is 2. The van der Waals surface area contributed by atoms with Crippen molar-refractivity contribution in [2.24, 2.45) is 5.73 Å². The fourth-order valence-corrected chi connectivity index (χ4v) is 4.06. The Balaban J connectivity index is 1.48. The van der Waals surface area contributed by atoms with Gasteiger partial charge in [-0.1, -0.05) is 6.92 Å². The molecule has 166 valence electrons. The minimum Gasteiger partial charge on any atom is -0.398 e. The summed E-state index contributed by atoms with van der Waals surface area (Å²) in [5.74, 6) is 0.656. The van der Waals surface area contributed by atoms with Gasteiger partial charge in [-0.15, -0.1) is 5.73 Å². The summed E-state index contributed by atoms with van der Waals surface area (Å²) in [5.41, 5.74) is 17.7. The summed E-state index contributed by atoms with van der Waals surface area (Å²) in [6.45, 7) is 4.04. The molecule has 4 N–H and O–H groups in total. The molecular weight excluding hydrogens is 426 g/mol. The summed E-state index contributed by atoms with van der Waals surface area (Å²) >= 11 is 0. The molecule has 0 saturated heterocycles. The molecular formula is C25H21N9. The predicted octanol–water partition coefficient (Wildman–Crippen LogP) is 4.12. The Bertz CT molecular complexity index is 1700. The second-order valence-corrected chi connectivity index (χ2v) is 8.17. The molecule has 34 heavy (non-hydrogen) atoms. The van der Waals surface area contributed by atoms with Crippen molar-refractivity contribution < 1.29 is 0 Å². The quantitative estimate of drug-likeness (QED) is 0.356. The zero-order valence-corrected chi connectivity index (χ0v) is 18.7. The smallest absolute Gasteiger partial charge is 0.181 e. The maximum absolute atomic E-state index is 6.12. The average molecular weight is 448 g/mol. The van der Waals surface area contributed by atoms with Gasteiger partial charge < -0.3 is 15.3 Å². The van der Waals surface area contributed by atoms with Crippen molar-refractivity contribution in [3.8, 4) is 17.2 Å². The lowest BCUT2D eigenvalue weighted by molar-refractivity contribution is 1.05. The molecule has 0 spiro atoms. The van der Waals surface area contributed by atoms with Crippen LogP contribution in [0.15, 0.2) is 72.4 Å². The standard InChI is InChI=1S/C25H21N9/c1-3-15-4-5-18(26)7-16(6-15)17-8-19-22(32-33-24(19)28-9-17)25-30-20-10-27-11-21(23(20)31-25)34-12-14(2)29-13-34/h5-13H,3,26H2,1-2H3,(H,30,31)(H,28,32,33). The summed E-state index contributed by atoms with van der Waals surface area (Å²) in [6.07, 6.45) is 15.7. The summed E-state index contributed by atoms with van der Waals surface area (Å²) in [4.78, 5) is 21.5. The predicted molar refractivity (Wildman–Crippen MR) is 131 cm³/mol. The Morgan fingerprint density at radius 3 is 2.88 bits per heavy atom. The Morgan fingerprint density at radius 2 is 2.06 bits per heavy atom. The summed E-state index contributed by atoms with van der Waals surface area (Å²) < 4.78 is 1.92. The molecule has 5 heterocycles. The number of hydrogen-bond donors (Lipinski definition) is 3. The third-order valence-electron chi connectivity index (χ3n) is 5.80. The highest BCUT2D eigenvalue weighted by molar-refractivity contribution is 5.94. The third kappa shape index (κ3) is 3.32. The van der Waals surface area contributed by atoms with Gasteiger partial charge in [0.25, 0.3) is 0 Å². The first-order chi connectivity index (χ1) is 16.6. The van der Waals surface area contributed by atoms with E-state index >= 15 is 0 Å². The number of fused-ring (bicyclic) bond motifs is 2. The molecule has 0 atom stereocenters. The van der Waals surface area contributed by atoms with E-state index in [4.69, 9.17) is 10.7 Å². The van der Waals surface area contributed by atoms with E-state index in [9.17, 15) is 0 Å². The first kappa shape index (κ1) is 19.9. The number of H-pyrrole nitrogens is 2. The molecule has 0 unspecified atom stereocenters. The van der Waals surface area contributed by atoms with Crippen LogP contribution in [0, 0.1) is 6.92 Å². The molecule has 6 rings (SSSR count). The topological polar surface area (TPSA) is 127 Å². The Kier molecular flexibility index (Phi) is 4.50. The van der Waals surface area contributed by atoms with Gasteiger partial charge in [0.05, 0.1) is 41.0 Å². The highest BCUT2D eigenvalue weighted by Gasteiger charge is 2.17. The van der Waals surface area contributed by atoms with E-state index in [0.29, 0.717) is 17.2 Å². The van der Waals surface area contributed by atoms with Crippen LogP contribution in [0.5, 0.6) is 0 Å². The number of hydrogen-bond acceptors (Lipinski definition) is 6. The zero-order valence-electron chi connectivity index (χ0n) is 18.7. The van der Waals surface area contributed by atoms with Gasteiger partial charge in [-0.05, 0) is 42.7 Å². The van der Waals surface area contributed by atoms with Crippen LogP contribution in [0.2, 0.25) is 0 Å². The van der Waals surface area contributed by atoms with E-state index in [-0.39, 0.29) is 0 Å². The maximum Gasteiger partial charge on any atom is 0.181 e. The number of aromatic amines is 2. The number of nitrogens with zero attached hydrogens (tertiary/aromatic N) is 6. The molecule has 9 nitrogen and oxygen atoms in total. The highest BCUT2D eigenvalue weighted by Crippen LogP contribution is 2.30. The van der Waals surface area contributed by atoms with Crippen LogP contribution in [-0.4, -0.2) is 39.7 Å². The normalized spacial score (nSPS) is 13.8. The molecule has 1 aliphatic rings. The average Bonchev–Trinajstić information content (AvgIpc) is 3.54. The second-order valence-electron chi connectivity index (χ2n) is 8.17. The van der Waals surface area contributed by atoms with E-state index < -0.39 is 0 Å². The molecule has 9 heteroatoms. The van der Waals surface area contributed by atoms with Crippen LogP contribution in [0.3, 0.4) is 0 Å². The van der Waals surface area contributed by atoms with Crippen LogP contribution in [0.4, 0.5) is 0 Å². The molecule has 5 aromatic rings. The number of nitrogens with two attached hydrogens (primary N) is 1. The van der Waals surface area contributed by atoms with Gasteiger partial charge >= 0.3 is 0 Å². The van der Waals surface area contributed by atoms with Crippen LogP contribution in [0.25, 0.3) is 44.8 Å². The van der Waals surface area contributed by atoms with Gasteiger partial charge in [-0.3, -0.25) is 10.1 Å². The molecule has 5 aromatic heterocycles. The van der Waals surface area contributed by atoms with Crippen LogP contribution >= 0.6 is 0 Å². The van der Waals surface area contributed by atoms with Crippen molar-refractivity contribution in [1.29, 1.82) is 0 Å². The lowest BCUT2D eigenvalue weighted by atomic mass is 10.0. The second kappa shape index (κ2) is 7.68. The molecule has 0 aliphatic heterocycles. The highest BCUT2D eigenvalue weighted by atomic mass is 15.2. The lowest BCUT2D eigenvalue weighted by Gasteiger charge is -2.04. The van der Waals surface area contributed by atoms with Crippen LogP contribution in [-0.2, 0) is 0 Å². The maximum atomic E-state index is 6.12. The van der Waals surface area contributed by atoms with E-state index in [1.807, 2.05) is 30.0 Å². The van der Waals surface area contributed by atoms with Crippen molar-refractivity contribution in [1.82, 2.24) is 39.7 Å². The SMILES string of the molecule is CCC1=C=CC(N)=CC(c2cnc3n[nH]c(-c4nc5c(-n6cnc(C)c6)cncc5[nH]4)c3c2)=C1. The largest absolute Gasteiger partial charge is 0.398 e. The Hall–Kier alpha value is -4.75. The zero-order chi connectivity index (χ0) is 23.2. The fourth-order valence-electron chi connectivity index (χ4n) is 4.06. The number of imidazole rings is 2. The Morgan fingerprint density at radius 1 is 1.15 bits per heavy atom. The van der Waals surface area contributed by atoms with Gasteiger partial charge in [0.1, 0.15) is 11.2 Å². The van der Waals surface area contributed by atoms with E-state index in [2.05, 4.69) is 54.9 Å². The van der Waals surface area contributed by atoms with Crippen molar-refractivity contribution in [2.45, 2.75) is 20.3 Å². The summed E-state index contributed by atoms with van der Waals surface area (Å²) in [7, 11) is 0. The van der Waals surface area contributed by atoms with E-state index in [0.717, 1.165) is 56.6 Å². The minimum atomic E-state index is 0.610. The Labute approximate surface area is 194 Å². The molecule has 1 aliphatic carbocycles. The van der Waals surface area contributed by atoms with Crippen molar-refractivity contribution in [3.05, 3.63) is 83.7 Å². The first-order valence-electron chi connectivity index (χ1n) is 10.9. The molecule has 0 bridgehead atoms. The number of allylic oxidation sites excluding steroid dienone is 4. The van der Waals surface area contributed by atoms with Gasteiger partial charge in [0.2, 0.25) is 0 Å². The van der Waals surface area contributed by atoms with Crippen molar-refractivity contribution in [2.75, 3.05) is 0 Å². The number of pyridine rings is 2. The lowest BCUT2D eigenvalue weighted by Crippen LogP contribution is -1.93. The number of aryl methyl sites for hydroxylation is 1. The third-order valence-corrected chi connectivity index (χ3v) is 5.80. The molecule has 0 saturated carbocycles. The van der Waals surface area contributed by atoms with Crippen molar-refractivity contribution in [3.63, 3.8) is 0 Å². The van der Waals surface area contributed by atoms with E-state index in [1.165, 1.54) is 0 Å². The first-order valence-corrected chi connectivity index (χ1v) is 10.9. The van der Waals surface area contributed by atoms with Gasteiger partial charge in [0, 0.05) is 29.7 Å². The van der Waals surface area contributed by atoms with Crippen molar-refractivity contribution >= 4 is 27.6 Å². The van der Waals surface area contributed by atoms with Crippen LogP contribution in [0.1, 0.15) is 24.6 Å². The number of rotatable bonds is 4. The van der Waals surface area contributed by atoms with Gasteiger partial charge in [-0.25, -0.2) is 15.0 Å². The molecule has 0 amide bonds. The van der Waals surface area contributed by atoms with E-state index in [1.54, 1.807) is 24.8 Å².